The summed E-state index contributed by atoms with van der Waals surface area (Å²) in [6.45, 7) is 0. The average molecular weight is 322 g/mol. The molecule has 1 aromatic heterocycles. The second-order valence-electron chi connectivity index (χ2n) is 4.24. The first-order valence-corrected chi connectivity index (χ1v) is 6.61. The number of hydrazine groups is 1. The van der Waals surface area contributed by atoms with Crippen LogP contribution in [0.4, 0.5) is 11.5 Å². The van der Waals surface area contributed by atoms with E-state index in [2.05, 4.69) is 26.3 Å². The molecule has 0 saturated carbocycles. The van der Waals surface area contributed by atoms with Gasteiger partial charge < -0.3 is 11.5 Å². The number of benzene rings is 1. The maximum atomic E-state index is 5.99. The SMILES string of the molecule is NNC(Cc1cccnc1N)c1cc(Br)ccc1N. The summed E-state index contributed by atoms with van der Waals surface area (Å²) in [6.07, 6.45) is 2.29. The Morgan fingerprint density at radius 3 is 2.74 bits per heavy atom. The number of aromatic nitrogens is 1. The number of rotatable bonds is 4. The molecule has 0 aliphatic carbocycles. The number of nitrogens with two attached hydrogens (primary N) is 3. The van der Waals surface area contributed by atoms with E-state index in [9.17, 15) is 0 Å². The lowest BCUT2D eigenvalue weighted by molar-refractivity contribution is 0.553. The van der Waals surface area contributed by atoms with Crippen LogP contribution in [0, 0.1) is 0 Å². The molecule has 7 N–H and O–H groups in total. The van der Waals surface area contributed by atoms with E-state index in [0.717, 1.165) is 15.6 Å². The third kappa shape index (κ3) is 3.23. The molecule has 100 valence electrons. The van der Waals surface area contributed by atoms with E-state index >= 15 is 0 Å². The molecule has 0 aliphatic rings. The highest BCUT2D eigenvalue weighted by atomic mass is 79.9. The zero-order valence-electron chi connectivity index (χ0n) is 10.3. The van der Waals surface area contributed by atoms with Crippen molar-refractivity contribution in [3.63, 3.8) is 0 Å². The highest BCUT2D eigenvalue weighted by Crippen LogP contribution is 2.27. The van der Waals surface area contributed by atoms with Gasteiger partial charge in [-0.25, -0.2) is 4.98 Å². The molecule has 1 heterocycles. The largest absolute Gasteiger partial charge is 0.398 e. The van der Waals surface area contributed by atoms with Gasteiger partial charge in [-0.2, -0.15) is 0 Å². The molecule has 0 saturated heterocycles. The molecule has 0 spiro atoms. The van der Waals surface area contributed by atoms with Crippen molar-refractivity contribution in [3.8, 4) is 0 Å². The zero-order valence-corrected chi connectivity index (χ0v) is 11.9. The Balaban J connectivity index is 2.30. The molecule has 0 amide bonds. The summed E-state index contributed by atoms with van der Waals surface area (Å²) >= 11 is 3.43. The van der Waals surface area contributed by atoms with Crippen LogP contribution in [0.3, 0.4) is 0 Å². The summed E-state index contributed by atoms with van der Waals surface area (Å²) in [7, 11) is 0. The summed E-state index contributed by atoms with van der Waals surface area (Å²) in [6, 6.07) is 9.35. The topological polar surface area (TPSA) is 103 Å². The first-order chi connectivity index (χ1) is 9.11. The van der Waals surface area contributed by atoms with E-state index in [1.807, 2.05) is 30.3 Å². The number of pyridine rings is 1. The minimum absolute atomic E-state index is 0.121. The van der Waals surface area contributed by atoms with Crippen molar-refractivity contribution in [2.24, 2.45) is 5.84 Å². The molecular formula is C13H16BrN5. The van der Waals surface area contributed by atoms with Gasteiger partial charge in [0.25, 0.3) is 0 Å². The van der Waals surface area contributed by atoms with Gasteiger partial charge in [0.05, 0.1) is 6.04 Å². The van der Waals surface area contributed by atoms with Crippen molar-refractivity contribution in [2.45, 2.75) is 12.5 Å². The van der Waals surface area contributed by atoms with E-state index in [4.69, 9.17) is 17.3 Å². The third-order valence-electron chi connectivity index (χ3n) is 2.98. The Kier molecular flexibility index (Phi) is 4.36. The first kappa shape index (κ1) is 13.8. The van der Waals surface area contributed by atoms with Crippen LogP contribution < -0.4 is 22.7 Å². The van der Waals surface area contributed by atoms with E-state index in [-0.39, 0.29) is 6.04 Å². The zero-order chi connectivity index (χ0) is 13.8. The van der Waals surface area contributed by atoms with Gasteiger partial charge in [0.2, 0.25) is 0 Å². The van der Waals surface area contributed by atoms with Gasteiger partial charge in [-0.3, -0.25) is 11.3 Å². The number of hydrogen-bond donors (Lipinski definition) is 4. The number of halogens is 1. The Hall–Kier alpha value is -1.63. The van der Waals surface area contributed by atoms with Crippen LogP contribution >= 0.6 is 15.9 Å². The number of nitrogens with one attached hydrogen (secondary N) is 1. The van der Waals surface area contributed by atoms with Gasteiger partial charge in [0.1, 0.15) is 5.82 Å². The van der Waals surface area contributed by atoms with E-state index in [0.29, 0.717) is 17.9 Å². The molecule has 1 atom stereocenters. The predicted octanol–water partition coefficient (Wildman–Crippen LogP) is 1.76. The maximum absolute atomic E-state index is 5.99. The van der Waals surface area contributed by atoms with Crippen molar-refractivity contribution >= 4 is 27.4 Å². The lowest BCUT2D eigenvalue weighted by Gasteiger charge is -2.19. The minimum Gasteiger partial charge on any atom is -0.398 e. The maximum Gasteiger partial charge on any atom is 0.126 e. The van der Waals surface area contributed by atoms with Crippen LogP contribution in [0.2, 0.25) is 0 Å². The number of nitrogens with zero attached hydrogens (tertiary/aromatic N) is 1. The van der Waals surface area contributed by atoms with E-state index in [1.54, 1.807) is 6.20 Å². The summed E-state index contributed by atoms with van der Waals surface area (Å²) in [5.74, 6) is 6.15. The van der Waals surface area contributed by atoms with Crippen molar-refractivity contribution in [2.75, 3.05) is 11.5 Å². The van der Waals surface area contributed by atoms with Gasteiger partial charge in [-0.15, -0.1) is 0 Å². The Morgan fingerprint density at radius 2 is 2.05 bits per heavy atom. The second-order valence-corrected chi connectivity index (χ2v) is 5.16. The van der Waals surface area contributed by atoms with Crippen LogP contribution in [0.1, 0.15) is 17.2 Å². The monoisotopic (exact) mass is 321 g/mol. The van der Waals surface area contributed by atoms with Gasteiger partial charge in [-0.1, -0.05) is 22.0 Å². The third-order valence-corrected chi connectivity index (χ3v) is 3.47. The quantitative estimate of drug-likeness (QED) is 0.390. The molecular weight excluding hydrogens is 306 g/mol. The van der Waals surface area contributed by atoms with Crippen molar-refractivity contribution < 1.29 is 0 Å². The molecule has 1 unspecified atom stereocenters. The fourth-order valence-corrected chi connectivity index (χ4v) is 2.33. The number of anilines is 2. The smallest absolute Gasteiger partial charge is 0.126 e. The average Bonchev–Trinajstić information content (AvgIpc) is 2.41. The molecule has 0 aliphatic heterocycles. The standard InChI is InChI=1S/C13H16BrN5/c14-9-3-4-11(15)10(7-9)12(19-17)6-8-2-1-5-18-13(8)16/h1-5,7,12,19H,6,15,17H2,(H2,16,18). The molecule has 0 radical (unpaired) electrons. The van der Waals surface area contributed by atoms with Crippen molar-refractivity contribution in [1.29, 1.82) is 0 Å². The summed E-state index contributed by atoms with van der Waals surface area (Å²) < 4.78 is 0.955. The lowest BCUT2D eigenvalue weighted by atomic mass is 9.98. The normalized spacial score (nSPS) is 12.3. The summed E-state index contributed by atoms with van der Waals surface area (Å²) in [5, 5.41) is 0. The van der Waals surface area contributed by atoms with Gasteiger partial charge in [0.15, 0.2) is 0 Å². The van der Waals surface area contributed by atoms with E-state index in [1.165, 1.54) is 0 Å². The van der Waals surface area contributed by atoms with Crippen LogP contribution in [0.5, 0.6) is 0 Å². The second kappa shape index (κ2) is 6.01. The molecule has 6 heteroatoms. The Morgan fingerprint density at radius 1 is 1.26 bits per heavy atom. The molecule has 2 rings (SSSR count). The van der Waals surface area contributed by atoms with Crippen molar-refractivity contribution in [3.05, 3.63) is 52.1 Å². The highest BCUT2D eigenvalue weighted by Gasteiger charge is 2.15. The first-order valence-electron chi connectivity index (χ1n) is 5.82. The minimum atomic E-state index is -0.121. The molecule has 19 heavy (non-hydrogen) atoms. The molecule has 0 bridgehead atoms. The highest BCUT2D eigenvalue weighted by molar-refractivity contribution is 9.10. The van der Waals surface area contributed by atoms with Crippen LogP contribution in [-0.2, 0) is 6.42 Å². The van der Waals surface area contributed by atoms with Crippen molar-refractivity contribution in [1.82, 2.24) is 10.4 Å². The van der Waals surface area contributed by atoms with Gasteiger partial charge in [0, 0.05) is 16.4 Å². The number of hydrogen-bond acceptors (Lipinski definition) is 5. The Bertz CT molecular complexity index is 573. The summed E-state index contributed by atoms with van der Waals surface area (Å²) in [5.41, 5.74) is 17.2. The molecule has 5 nitrogen and oxygen atoms in total. The molecule has 1 aromatic carbocycles. The summed E-state index contributed by atoms with van der Waals surface area (Å²) in [4.78, 5) is 4.07. The van der Waals surface area contributed by atoms with Crippen LogP contribution in [0.25, 0.3) is 0 Å². The van der Waals surface area contributed by atoms with E-state index < -0.39 is 0 Å². The fraction of sp³-hybridized carbons (Fsp3) is 0.154. The van der Waals surface area contributed by atoms with Crippen LogP contribution in [0.15, 0.2) is 41.0 Å². The van der Waals surface area contributed by atoms with Gasteiger partial charge in [-0.05, 0) is 41.8 Å². The van der Waals surface area contributed by atoms with Crippen LogP contribution in [-0.4, -0.2) is 4.98 Å². The lowest BCUT2D eigenvalue weighted by Crippen LogP contribution is -2.30. The number of nitrogen functional groups attached to an aromatic ring is 2. The predicted molar refractivity (Wildman–Crippen MR) is 81.0 cm³/mol. The van der Waals surface area contributed by atoms with Gasteiger partial charge >= 0.3 is 0 Å². The Labute approximate surface area is 120 Å². The molecule has 0 fully saturated rings. The molecule has 2 aromatic rings. The fourth-order valence-electron chi connectivity index (χ4n) is 1.95.